The van der Waals surface area contributed by atoms with Crippen LogP contribution in [-0.2, 0) is 9.47 Å². The number of nitriles is 1. The maximum Gasteiger partial charge on any atom is 0.509 e. The van der Waals surface area contributed by atoms with Gasteiger partial charge in [0.25, 0.3) is 0 Å². The van der Waals surface area contributed by atoms with Crippen molar-refractivity contribution in [3.8, 4) is 6.07 Å². The van der Waals surface area contributed by atoms with Crippen molar-refractivity contribution in [3.05, 3.63) is 35.9 Å². The van der Waals surface area contributed by atoms with Crippen LogP contribution < -0.4 is 0 Å². The second kappa shape index (κ2) is 4.87. The van der Waals surface area contributed by atoms with Gasteiger partial charge in [-0.05, 0) is 0 Å². The molecule has 0 unspecified atom stereocenters. The third-order valence-electron chi connectivity index (χ3n) is 1.60. The number of rotatable bonds is 2. The number of hydrogen-bond donors (Lipinski definition) is 0. The van der Waals surface area contributed by atoms with Crippen LogP contribution >= 0.6 is 0 Å². The first-order valence-electron chi connectivity index (χ1n) is 3.97. The van der Waals surface area contributed by atoms with E-state index in [1.165, 1.54) is 7.11 Å². The van der Waals surface area contributed by atoms with Gasteiger partial charge in [-0.15, -0.1) is 0 Å². The van der Waals surface area contributed by atoms with Gasteiger partial charge in [-0.1, -0.05) is 30.3 Å². The van der Waals surface area contributed by atoms with E-state index < -0.39 is 12.3 Å². The van der Waals surface area contributed by atoms with Gasteiger partial charge in [0.2, 0.25) is 6.10 Å². The molecule has 1 rings (SSSR count). The Morgan fingerprint density at radius 3 is 2.57 bits per heavy atom. The zero-order valence-corrected chi connectivity index (χ0v) is 7.64. The van der Waals surface area contributed by atoms with E-state index in [0.29, 0.717) is 5.56 Å². The van der Waals surface area contributed by atoms with Gasteiger partial charge in [0.1, 0.15) is 6.07 Å². The summed E-state index contributed by atoms with van der Waals surface area (Å²) < 4.78 is 9.00. The SMILES string of the molecule is COC(=O)O[C@@H](C#N)c1ccccc1. The van der Waals surface area contributed by atoms with E-state index in [-0.39, 0.29) is 0 Å². The molecule has 0 aliphatic carbocycles. The normalized spacial score (nSPS) is 11.1. The zero-order valence-electron chi connectivity index (χ0n) is 7.64. The summed E-state index contributed by atoms with van der Waals surface area (Å²) in [7, 11) is 1.20. The van der Waals surface area contributed by atoms with Crippen LogP contribution in [0.4, 0.5) is 4.79 Å². The second-order valence-electron chi connectivity index (χ2n) is 2.49. The van der Waals surface area contributed by atoms with Crippen molar-refractivity contribution in [2.24, 2.45) is 0 Å². The van der Waals surface area contributed by atoms with Crippen molar-refractivity contribution < 1.29 is 14.3 Å². The quantitative estimate of drug-likeness (QED) is 0.671. The van der Waals surface area contributed by atoms with Crippen LogP contribution in [0.2, 0.25) is 0 Å². The van der Waals surface area contributed by atoms with Crippen LogP contribution in [0.3, 0.4) is 0 Å². The molecule has 4 nitrogen and oxygen atoms in total. The summed E-state index contributed by atoms with van der Waals surface area (Å²) >= 11 is 0. The van der Waals surface area contributed by atoms with E-state index in [4.69, 9.17) is 10.00 Å². The van der Waals surface area contributed by atoms with Crippen LogP contribution in [0.15, 0.2) is 30.3 Å². The standard InChI is InChI=1S/C10H9NO3/c1-13-10(12)14-9(7-11)8-5-3-2-4-6-8/h2-6,9H,1H3/t9-/m0/s1. The molecule has 0 heterocycles. The number of carbonyl (C=O) groups excluding carboxylic acids is 1. The number of hydrogen-bond acceptors (Lipinski definition) is 4. The minimum atomic E-state index is -0.913. The molecule has 0 saturated heterocycles. The number of methoxy groups -OCH3 is 1. The Balaban J connectivity index is 2.74. The molecule has 0 N–H and O–H groups in total. The highest BCUT2D eigenvalue weighted by molar-refractivity contribution is 5.60. The summed E-state index contributed by atoms with van der Waals surface area (Å²) in [5.41, 5.74) is 0.625. The molecule has 0 amide bonds. The average Bonchev–Trinajstić information content (AvgIpc) is 2.26. The van der Waals surface area contributed by atoms with Gasteiger partial charge in [0.15, 0.2) is 0 Å². The Labute approximate surface area is 81.7 Å². The van der Waals surface area contributed by atoms with Crippen molar-refractivity contribution in [2.75, 3.05) is 7.11 Å². The van der Waals surface area contributed by atoms with Gasteiger partial charge in [-0.3, -0.25) is 0 Å². The molecule has 0 aliphatic rings. The number of carbonyl (C=O) groups is 1. The fourth-order valence-corrected chi connectivity index (χ4v) is 0.941. The van der Waals surface area contributed by atoms with Crippen molar-refractivity contribution in [1.82, 2.24) is 0 Å². The van der Waals surface area contributed by atoms with Crippen LogP contribution in [0.5, 0.6) is 0 Å². The number of benzene rings is 1. The first-order valence-corrected chi connectivity index (χ1v) is 3.97. The van der Waals surface area contributed by atoms with Gasteiger partial charge in [0, 0.05) is 5.56 Å². The molecule has 0 aromatic heterocycles. The summed E-state index contributed by atoms with van der Waals surface area (Å²) in [6, 6.07) is 10.6. The second-order valence-corrected chi connectivity index (χ2v) is 2.49. The Morgan fingerprint density at radius 1 is 1.43 bits per heavy atom. The van der Waals surface area contributed by atoms with Crippen molar-refractivity contribution >= 4 is 6.16 Å². The molecule has 72 valence electrons. The van der Waals surface area contributed by atoms with Gasteiger partial charge in [-0.25, -0.2) is 4.79 Å². The topological polar surface area (TPSA) is 59.3 Å². The minimum Gasteiger partial charge on any atom is -0.438 e. The van der Waals surface area contributed by atoms with E-state index in [9.17, 15) is 4.79 Å². The van der Waals surface area contributed by atoms with E-state index in [1.54, 1.807) is 24.3 Å². The lowest BCUT2D eigenvalue weighted by atomic mass is 10.1. The average molecular weight is 191 g/mol. The first kappa shape index (κ1) is 10.1. The molecule has 0 spiro atoms. The number of ether oxygens (including phenoxy) is 2. The molecule has 14 heavy (non-hydrogen) atoms. The van der Waals surface area contributed by atoms with E-state index in [1.807, 2.05) is 12.1 Å². The Morgan fingerprint density at radius 2 is 2.07 bits per heavy atom. The summed E-state index contributed by atoms with van der Waals surface area (Å²) in [6.45, 7) is 0. The summed E-state index contributed by atoms with van der Waals surface area (Å²) in [6.07, 6.45) is -1.77. The molecule has 0 aliphatic heterocycles. The largest absolute Gasteiger partial charge is 0.509 e. The van der Waals surface area contributed by atoms with Gasteiger partial charge in [0.05, 0.1) is 7.11 Å². The fraction of sp³-hybridized carbons (Fsp3) is 0.200. The monoisotopic (exact) mass is 191 g/mol. The van der Waals surface area contributed by atoms with Crippen molar-refractivity contribution in [1.29, 1.82) is 5.26 Å². The molecule has 0 radical (unpaired) electrons. The van der Waals surface area contributed by atoms with Crippen molar-refractivity contribution in [2.45, 2.75) is 6.10 Å². The highest BCUT2D eigenvalue weighted by Gasteiger charge is 2.15. The molecule has 0 bridgehead atoms. The van der Waals surface area contributed by atoms with Crippen LogP contribution in [0.1, 0.15) is 11.7 Å². The third-order valence-corrected chi connectivity index (χ3v) is 1.60. The first-order chi connectivity index (χ1) is 6.77. The maximum absolute atomic E-state index is 10.8. The summed E-state index contributed by atoms with van der Waals surface area (Å²) in [5.74, 6) is 0. The lowest BCUT2D eigenvalue weighted by molar-refractivity contribution is 0.0544. The van der Waals surface area contributed by atoms with E-state index in [0.717, 1.165) is 0 Å². The van der Waals surface area contributed by atoms with Gasteiger partial charge in [-0.2, -0.15) is 5.26 Å². The maximum atomic E-state index is 10.8. The zero-order chi connectivity index (χ0) is 10.4. The Hall–Kier alpha value is -2.02. The third kappa shape index (κ3) is 2.49. The molecule has 1 aromatic carbocycles. The lowest BCUT2D eigenvalue weighted by Gasteiger charge is -2.09. The lowest BCUT2D eigenvalue weighted by Crippen LogP contribution is -2.09. The van der Waals surface area contributed by atoms with E-state index >= 15 is 0 Å². The smallest absolute Gasteiger partial charge is 0.438 e. The molecular formula is C10H9NO3. The number of nitrogens with zero attached hydrogens (tertiary/aromatic N) is 1. The van der Waals surface area contributed by atoms with Crippen LogP contribution in [-0.4, -0.2) is 13.3 Å². The van der Waals surface area contributed by atoms with E-state index in [2.05, 4.69) is 4.74 Å². The predicted octanol–water partition coefficient (Wildman–Crippen LogP) is 2.03. The summed E-state index contributed by atoms with van der Waals surface area (Å²) in [4.78, 5) is 10.8. The van der Waals surface area contributed by atoms with Crippen LogP contribution in [0.25, 0.3) is 0 Å². The molecule has 0 fully saturated rings. The highest BCUT2D eigenvalue weighted by atomic mass is 16.7. The molecule has 4 heteroatoms. The molecule has 1 aromatic rings. The Kier molecular flexibility index (Phi) is 3.50. The molecular weight excluding hydrogens is 182 g/mol. The molecule has 1 atom stereocenters. The van der Waals surface area contributed by atoms with Crippen molar-refractivity contribution in [3.63, 3.8) is 0 Å². The fourth-order valence-electron chi connectivity index (χ4n) is 0.941. The van der Waals surface area contributed by atoms with Gasteiger partial charge >= 0.3 is 6.16 Å². The summed E-state index contributed by atoms with van der Waals surface area (Å²) in [5, 5.41) is 8.74. The molecule has 0 saturated carbocycles. The highest BCUT2D eigenvalue weighted by Crippen LogP contribution is 2.16. The Bertz CT molecular complexity index is 342. The predicted molar refractivity (Wildman–Crippen MR) is 48.3 cm³/mol. The minimum absolute atomic E-state index is 0.625. The van der Waals surface area contributed by atoms with Crippen LogP contribution in [0, 0.1) is 11.3 Å². The van der Waals surface area contributed by atoms with Gasteiger partial charge < -0.3 is 9.47 Å².